The summed E-state index contributed by atoms with van der Waals surface area (Å²) in [4.78, 5) is 12.5. The van der Waals surface area contributed by atoms with Crippen molar-refractivity contribution < 1.29 is 22.8 Å². The average Bonchev–Trinajstić information content (AvgIpc) is 3.13. The van der Waals surface area contributed by atoms with Crippen molar-refractivity contribution in [1.29, 1.82) is 0 Å². The molecule has 0 spiro atoms. The molecule has 0 aliphatic carbocycles. The van der Waals surface area contributed by atoms with Crippen LogP contribution in [0.25, 0.3) is 17.3 Å². The first-order valence-corrected chi connectivity index (χ1v) is 12.3. The van der Waals surface area contributed by atoms with Crippen LogP contribution >= 0.6 is 7.60 Å². The number of amides is 1. The van der Waals surface area contributed by atoms with Crippen LogP contribution in [0.5, 0.6) is 0 Å². The molecule has 33 heavy (non-hydrogen) atoms. The number of hydrogen-bond donors (Lipinski definition) is 1. The van der Waals surface area contributed by atoms with Gasteiger partial charge < -0.3 is 14.4 Å². The van der Waals surface area contributed by atoms with Crippen molar-refractivity contribution in [2.45, 2.75) is 20.0 Å². The van der Waals surface area contributed by atoms with Crippen molar-refractivity contribution in [3.05, 3.63) is 77.7 Å². The molecule has 0 fully saturated rings. The van der Waals surface area contributed by atoms with Crippen LogP contribution in [0.1, 0.15) is 25.0 Å². The number of benzene rings is 2. The highest BCUT2D eigenvalue weighted by atomic mass is 31.2. The maximum Gasteiger partial charge on any atom is 0.335 e. The number of nitrogens with zero attached hydrogens (tertiary/aromatic N) is 2. The summed E-state index contributed by atoms with van der Waals surface area (Å²) in [6.45, 7) is 4.09. The van der Waals surface area contributed by atoms with Gasteiger partial charge in [0, 0.05) is 29.9 Å². The molecule has 174 valence electrons. The second kappa shape index (κ2) is 11.2. The number of carbonyl (C=O) groups is 1. The van der Waals surface area contributed by atoms with E-state index in [-0.39, 0.29) is 31.1 Å². The van der Waals surface area contributed by atoms with Gasteiger partial charge in [0.05, 0.1) is 31.3 Å². The van der Waals surface area contributed by atoms with Crippen molar-refractivity contribution in [3.8, 4) is 11.3 Å². The second-order valence-electron chi connectivity index (χ2n) is 7.21. The second-order valence-corrected chi connectivity index (χ2v) is 9.26. The summed E-state index contributed by atoms with van der Waals surface area (Å²) in [6.07, 6.45) is 4.82. The van der Waals surface area contributed by atoms with Gasteiger partial charge in [0.25, 0.3) is 0 Å². The fraction of sp³-hybridized carbons (Fsp3) is 0.250. The molecule has 0 radical (unpaired) electrons. The van der Waals surface area contributed by atoms with E-state index in [9.17, 15) is 13.8 Å². The van der Waals surface area contributed by atoms with Gasteiger partial charge in [-0.2, -0.15) is 5.10 Å². The first-order valence-electron chi connectivity index (χ1n) is 10.6. The fourth-order valence-electron chi connectivity index (χ4n) is 3.38. The standard InChI is InChI=1S/C24H27FN3O4P/c1-4-31-33(30,32-5-2)17-18-7-6-8-22(15-18)27-23(29)14-11-20-16-26-28(3)24(20)19-9-12-21(25)13-10-19/h6-16H,4-5,17H2,1-3H3,(H,27,29). The molecule has 7 nitrogen and oxygen atoms in total. The maximum atomic E-state index is 13.3. The lowest BCUT2D eigenvalue weighted by atomic mass is 10.1. The minimum atomic E-state index is -3.24. The smallest absolute Gasteiger partial charge is 0.323 e. The van der Waals surface area contributed by atoms with E-state index in [1.54, 1.807) is 74.2 Å². The highest BCUT2D eigenvalue weighted by Crippen LogP contribution is 2.51. The molecule has 1 amide bonds. The molecular weight excluding hydrogens is 444 g/mol. The predicted octanol–water partition coefficient (Wildman–Crippen LogP) is 5.64. The first kappa shape index (κ1) is 24.6. The molecule has 0 saturated carbocycles. The van der Waals surface area contributed by atoms with E-state index in [4.69, 9.17) is 9.05 Å². The Bertz CT molecular complexity index is 1160. The van der Waals surface area contributed by atoms with Gasteiger partial charge in [-0.1, -0.05) is 12.1 Å². The van der Waals surface area contributed by atoms with Gasteiger partial charge >= 0.3 is 7.60 Å². The molecule has 1 aromatic heterocycles. The molecule has 0 saturated heterocycles. The highest BCUT2D eigenvalue weighted by molar-refractivity contribution is 7.53. The lowest BCUT2D eigenvalue weighted by Crippen LogP contribution is -2.08. The van der Waals surface area contributed by atoms with Crippen molar-refractivity contribution >= 4 is 25.3 Å². The summed E-state index contributed by atoms with van der Waals surface area (Å²) in [7, 11) is -1.46. The van der Waals surface area contributed by atoms with E-state index in [0.717, 1.165) is 22.4 Å². The van der Waals surface area contributed by atoms with Gasteiger partial charge in [0.1, 0.15) is 5.82 Å². The van der Waals surface area contributed by atoms with Crippen molar-refractivity contribution in [1.82, 2.24) is 9.78 Å². The number of aromatic nitrogens is 2. The number of rotatable bonds is 10. The summed E-state index contributed by atoms with van der Waals surface area (Å²) in [5, 5.41) is 7.04. The summed E-state index contributed by atoms with van der Waals surface area (Å²) in [6, 6.07) is 13.2. The number of hydrogen-bond acceptors (Lipinski definition) is 5. The lowest BCUT2D eigenvalue weighted by molar-refractivity contribution is -0.111. The Morgan fingerprint density at radius 2 is 1.85 bits per heavy atom. The van der Waals surface area contributed by atoms with Gasteiger partial charge in [0.15, 0.2) is 0 Å². The SMILES string of the molecule is CCOP(=O)(Cc1cccc(NC(=O)C=Cc2cnn(C)c2-c2ccc(F)cc2)c1)OCC. The lowest BCUT2D eigenvalue weighted by Gasteiger charge is -2.17. The zero-order chi connectivity index (χ0) is 23.8. The van der Waals surface area contributed by atoms with Crippen LogP contribution in [-0.2, 0) is 31.6 Å². The molecule has 1 N–H and O–H groups in total. The Morgan fingerprint density at radius 1 is 1.15 bits per heavy atom. The first-order chi connectivity index (χ1) is 15.8. The molecule has 0 bridgehead atoms. The Kier molecular flexibility index (Phi) is 8.33. The van der Waals surface area contributed by atoms with Gasteiger partial charge in [-0.05, 0) is 61.9 Å². The molecule has 3 aromatic rings. The molecule has 9 heteroatoms. The summed E-state index contributed by atoms with van der Waals surface area (Å²) >= 11 is 0. The van der Waals surface area contributed by atoms with Crippen LogP contribution in [0, 0.1) is 5.82 Å². The maximum absolute atomic E-state index is 13.3. The third-order valence-electron chi connectivity index (χ3n) is 4.72. The monoisotopic (exact) mass is 471 g/mol. The largest absolute Gasteiger partial charge is 0.335 e. The number of halogens is 1. The highest BCUT2D eigenvalue weighted by Gasteiger charge is 2.24. The molecule has 2 aromatic carbocycles. The Balaban J connectivity index is 1.71. The van der Waals surface area contributed by atoms with Gasteiger partial charge in [-0.15, -0.1) is 0 Å². The summed E-state index contributed by atoms with van der Waals surface area (Å²) < 4.78 is 38.4. The van der Waals surface area contributed by atoms with E-state index in [1.165, 1.54) is 18.2 Å². The van der Waals surface area contributed by atoms with E-state index in [1.807, 2.05) is 0 Å². The van der Waals surface area contributed by atoms with E-state index in [0.29, 0.717) is 5.69 Å². The number of aryl methyl sites for hydroxylation is 1. The minimum Gasteiger partial charge on any atom is -0.323 e. The van der Waals surface area contributed by atoms with Crippen LogP contribution in [0.4, 0.5) is 10.1 Å². The Morgan fingerprint density at radius 3 is 2.52 bits per heavy atom. The van der Waals surface area contributed by atoms with Crippen molar-refractivity contribution in [2.24, 2.45) is 7.05 Å². The molecule has 0 unspecified atom stereocenters. The zero-order valence-electron chi connectivity index (χ0n) is 18.8. The number of carbonyl (C=O) groups excluding carboxylic acids is 1. The predicted molar refractivity (Wildman–Crippen MR) is 127 cm³/mol. The topological polar surface area (TPSA) is 82.5 Å². The molecule has 1 heterocycles. The van der Waals surface area contributed by atoms with Crippen LogP contribution in [0.3, 0.4) is 0 Å². The molecule has 3 rings (SSSR count). The van der Waals surface area contributed by atoms with Crippen LogP contribution in [0.2, 0.25) is 0 Å². The fourth-order valence-corrected chi connectivity index (χ4v) is 5.07. The summed E-state index contributed by atoms with van der Waals surface area (Å²) in [5.74, 6) is -0.655. The van der Waals surface area contributed by atoms with Crippen molar-refractivity contribution in [3.63, 3.8) is 0 Å². The van der Waals surface area contributed by atoms with Crippen LogP contribution in [-0.4, -0.2) is 28.9 Å². The Hall–Kier alpha value is -3.06. The summed E-state index contributed by atoms with van der Waals surface area (Å²) in [5.41, 5.74) is 3.57. The van der Waals surface area contributed by atoms with Gasteiger partial charge in [-0.3, -0.25) is 14.0 Å². The third kappa shape index (κ3) is 6.71. The molecule has 0 aliphatic rings. The van der Waals surface area contributed by atoms with Crippen LogP contribution in [0.15, 0.2) is 60.8 Å². The minimum absolute atomic E-state index is 0.116. The molecule has 0 aliphatic heterocycles. The normalized spacial score (nSPS) is 11.8. The van der Waals surface area contributed by atoms with E-state index >= 15 is 0 Å². The number of anilines is 1. The van der Waals surface area contributed by atoms with E-state index in [2.05, 4.69) is 10.4 Å². The van der Waals surface area contributed by atoms with Crippen molar-refractivity contribution in [2.75, 3.05) is 18.5 Å². The van der Waals surface area contributed by atoms with Crippen LogP contribution < -0.4 is 5.32 Å². The third-order valence-corrected chi connectivity index (χ3v) is 6.78. The van der Waals surface area contributed by atoms with Gasteiger partial charge in [0.2, 0.25) is 5.91 Å². The van der Waals surface area contributed by atoms with E-state index < -0.39 is 7.60 Å². The quantitative estimate of drug-likeness (QED) is 0.306. The Labute approximate surface area is 192 Å². The molecular formula is C24H27FN3O4P. The average molecular weight is 471 g/mol. The van der Waals surface area contributed by atoms with Gasteiger partial charge in [-0.25, -0.2) is 4.39 Å². The zero-order valence-corrected chi connectivity index (χ0v) is 19.7. The molecule has 0 atom stereocenters. The number of nitrogens with one attached hydrogen (secondary N) is 1.